The maximum Gasteiger partial charge on any atom is 0.326 e. The number of H-pyrrole nitrogens is 1. The fraction of sp³-hybridized carbons (Fsp3) is 0.644. The molecular formula is C73H120N24O19S. The number of rotatable bonds is 53. The molecule has 3 heterocycles. The lowest BCUT2D eigenvalue weighted by atomic mass is 10.0. The number of carbonyl (C=O) groups excluding carboxylic acids is 14. The topological polar surface area (TPSA) is 711 Å². The Balaban J connectivity index is 1.54. The molecule has 1 aromatic carbocycles. The number of aliphatic carboxylic acids is 1. The molecule has 30 N–H and O–H groups in total. The van der Waals surface area contributed by atoms with Crippen molar-refractivity contribution in [3.63, 3.8) is 0 Å². The number of carboxylic acids is 1. The van der Waals surface area contributed by atoms with Gasteiger partial charge in [-0.25, -0.2) is 9.78 Å². The van der Waals surface area contributed by atoms with E-state index in [0.717, 1.165) is 0 Å². The van der Waals surface area contributed by atoms with Crippen molar-refractivity contribution >= 4 is 112 Å². The second-order valence-corrected chi connectivity index (χ2v) is 30.4. The Hall–Kier alpha value is -11.0. The molecule has 13 atom stereocenters. The van der Waals surface area contributed by atoms with Gasteiger partial charge in [0.15, 0.2) is 11.9 Å². The first-order chi connectivity index (χ1) is 55.5. The smallest absolute Gasteiger partial charge is 0.326 e. The normalized spacial score (nSPS) is 16.6. The summed E-state index contributed by atoms with van der Waals surface area (Å²) in [4.78, 5) is 225. The van der Waals surface area contributed by atoms with E-state index < -0.39 is 193 Å². The van der Waals surface area contributed by atoms with Gasteiger partial charge in [-0.15, -0.1) is 0 Å². The second kappa shape index (κ2) is 51.2. The molecule has 14 amide bonds. The fourth-order valence-electron chi connectivity index (χ4n) is 12.9. The number of primary amides is 1. The summed E-state index contributed by atoms with van der Waals surface area (Å²) in [6.45, 7) is 4.29. The minimum atomic E-state index is -1.83. The highest BCUT2D eigenvalue weighted by molar-refractivity contribution is 7.98. The number of benzene rings is 1. The summed E-state index contributed by atoms with van der Waals surface area (Å²) in [6.07, 6.45) is 4.56. The maximum absolute atomic E-state index is 14.8. The lowest BCUT2D eigenvalue weighted by Gasteiger charge is -2.33. The number of amides is 14. The highest BCUT2D eigenvalue weighted by atomic mass is 32.2. The van der Waals surface area contributed by atoms with Crippen molar-refractivity contribution in [3.05, 3.63) is 48.0 Å². The molecule has 2 aromatic rings. The zero-order chi connectivity index (χ0) is 87.0. The van der Waals surface area contributed by atoms with Gasteiger partial charge < -0.3 is 134 Å². The van der Waals surface area contributed by atoms with Crippen LogP contribution < -0.4 is 98.6 Å². The molecule has 0 spiro atoms. The monoisotopic (exact) mass is 1670 g/mol. The van der Waals surface area contributed by atoms with Gasteiger partial charge in [0.25, 0.3) is 0 Å². The Morgan fingerprint density at radius 1 is 0.547 bits per heavy atom. The molecule has 2 aliphatic heterocycles. The lowest BCUT2D eigenvalue weighted by molar-refractivity contribution is -0.148. The van der Waals surface area contributed by atoms with E-state index in [9.17, 15) is 92.3 Å². The van der Waals surface area contributed by atoms with Crippen molar-refractivity contribution < 1.29 is 92.3 Å². The molecule has 0 unspecified atom stereocenters. The number of thioether (sulfide) groups is 1. The number of aliphatic imine (C=N–C) groups is 2. The third-order valence-electron chi connectivity index (χ3n) is 19.0. The average Bonchev–Trinajstić information content (AvgIpc) is 1.67. The van der Waals surface area contributed by atoms with Gasteiger partial charge in [0, 0.05) is 57.3 Å². The number of aromatic amines is 1. The summed E-state index contributed by atoms with van der Waals surface area (Å²) in [5.41, 5.74) is 40.2. The van der Waals surface area contributed by atoms with Crippen molar-refractivity contribution in [3.8, 4) is 5.75 Å². The number of unbranched alkanes of at least 4 members (excludes halogenated alkanes) is 1. The van der Waals surface area contributed by atoms with E-state index in [1.165, 1.54) is 58.4 Å². The second-order valence-electron chi connectivity index (χ2n) is 29.5. The van der Waals surface area contributed by atoms with Crippen molar-refractivity contribution in [1.82, 2.24) is 78.3 Å². The van der Waals surface area contributed by atoms with Crippen LogP contribution in [0.2, 0.25) is 0 Å². The molecule has 0 bridgehead atoms. The van der Waals surface area contributed by atoms with E-state index in [2.05, 4.69) is 78.4 Å². The summed E-state index contributed by atoms with van der Waals surface area (Å²) < 4.78 is 0. The standard InChI is InChI=1S/C73H120N24O19S/c1-39(2)30-49(91-59(103)44(75)23-29-117-5)63(107)94-54(37-99)67(111)90-48(21-22-57(76)101)69(113)97-28-11-16-56(97)70(114)96-27-10-15-55(96)68(112)92-51(33-42-34-81-38-85-42)65(109)95-53(36-98)66(110)89-46(12-6-7-24-74)61(105)87-45(13-8-25-82-72(77)78)60(104)84-35-58(102)86-50(32-41-17-19-43(100)20-18-41)64(108)88-47(14-9-26-83-73(79)80)62(106)93-52(71(115)116)31-40(3)4/h17-20,34,38-40,44-56,98-100H,6-16,21-33,35-37,74-75H2,1-5H3,(H2,76,101)(H,81,85)(H,84,104)(H,86,102)(H,87,105)(H,88,108)(H,89,110)(H,90,111)(H,91,103)(H,92,112)(H,93,106)(H,94,107)(H,95,109)(H,115,116)(H4,77,78,82)(H4,79,80,83)/t44-,45-,46-,47-,48-,49-,50-,51-,52-,53-,54-,55-,56-/m0/s1. The predicted octanol–water partition coefficient (Wildman–Crippen LogP) is -7.41. The Morgan fingerprint density at radius 3 is 1.52 bits per heavy atom. The van der Waals surface area contributed by atoms with Gasteiger partial charge in [0.1, 0.15) is 78.3 Å². The molecule has 1 aromatic heterocycles. The quantitative estimate of drug-likeness (QED) is 0.0166. The first-order valence-electron chi connectivity index (χ1n) is 39.0. The van der Waals surface area contributed by atoms with Crippen LogP contribution in [0.15, 0.2) is 46.8 Å². The summed E-state index contributed by atoms with van der Waals surface area (Å²) in [7, 11) is 0. The number of nitrogens with two attached hydrogens (primary N) is 7. The van der Waals surface area contributed by atoms with E-state index in [1.54, 1.807) is 27.7 Å². The number of likely N-dealkylation sites (tertiary alicyclic amines) is 2. The highest BCUT2D eigenvalue weighted by Gasteiger charge is 2.45. The fourth-order valence-corrected chi connectivity index (χ4v) is 13.4. The van der Waals surface area contributed by atoms with Gasteiger partial charge in [0.2, 0.25) is 82.7 Å². The number of nitrogens with zero attached hydrogens (tertiary/aromatic N) is 5. The Morgan fingerprint density at radius 2 is 1.02 bits per heavy atom. The zero-order valence-electron chi connectivity index (χ0n) is 66.8. The van der Waals surface area contributed by atoms with Crippen LogP contribution in [0, 0.1) is 11.8 Å². The van der Waals surface area contributed by atoms with Crippen LogP contribution in [0.5, 0.6) is 5.75 Å². The molecule has 44 heteroatoms. The van der Waals surface area contributed by atoms with Gasteiger partial charge in [0.05, 0.1) is 32.1 Å². The third kappa shape index (κ3) is 34.8. The molecule has 0 radical (unpaired) electrons. The van der Waals surface area contributed by atoms with Crippen LogP contribution in [0.3, 0.4) is 0 Å². The van der Waals surface area contributed by atoms with Gasteiger partial charge in [-0.1, -0.05) is 39.8 Å². The summed E-state index contributed by atoms with van der Waals surface area (Å²) >= 11 is 1.47. The van der Waals surface area contributed by atoms with Crippen LogP contribution in [-0.2, 0) is 84.8 Å². The Kier molecular flexibility index (Phi) is 43.0. The number of carbonyl (C=O) groups is 15. The van der Waals surface area contributed by atoms with Crippen molar-refractivity contribution in [2.24, 2.45) is 62.0 Å². The van der Waals surface area contributed by atoms with Crippen LogP contribution in [0.25, 0.3) is 0 Å². The molecule has 652 valence electrons. The van der Waals surface area contributed by atoms with Gasteiger partial charge in [-0.2, -0.15) is 11.8 Å². The van der Waals surface area contributed by atoms with E-state index in [1.807, 2.05) is 6.26 Å². The Bertz CT molecular complexity index is 3700. The minimum Gasteiger partial charge on any atom is -0.508 e. The van der Waals surface area contributed by atoms with Crippen LogP contribution in [0.1, 0.15) is 142 Å². The highest BCUT2D eigenvalue weighted by Crippen LogP contribution is 2.27. The summed E-state index contributed by atoms with van der Waals surface area (Å²) in [5, 5.41) is 68.8. The van der Waals surface area contributed by atoms with E-state index in [-0.39, 0.29) is 159 Å². The van der Waals surface area contributed by atoms with Crippen molar-refractivity contribution in [2.75, 3.05) is 64.5 Å². The average molecular weight is 1670 g/mol. The summed E-state index contributed by atoms with van der Waals surface area (Å²) in [6, 6.07) is -12.9. The number of aliphatic hydroxyl groups excluding tert-OH is 2. The molecule has 0 aliphatic carbocycles. The minimum absolute atomic E-state index is 0.00507. The zero-order valence-corrected chi connectivity index (χ0v) is 67.6. The molecule has 43 nitrogen and oxygen atoms in total. The number of phenolic OH excluding ortho intramolecular Hbond substituents is 1. The van der Waals surface area contributed by atoms with Gasteiger partial charge in [-0.05, 0) is 144 Å². The van der Waals surface area contributed by atoms with Crippen LogP contribution in [-0.4, -0.2) is 284 Å². The van der Waals surface area contributed by atoms with E-state index >= 15 is 0 Å². The largest absolute Gasteiger partial charge is 0.508 e. The van der Waals surface area contributed by atoms with Crippen molar-refractivity contribution in [2.45, 2.75) is 222 Å². The number of aromatic hydroxyl groups is 1. The molecule has 4 rings (SSSR count). The number of hydrogen-bond acceptors (Lipinski definition) is 24. The maximum atomic E-state index is 14.8. The SMILES string of the molecule is CSCC[C@H](N)C(=O)N[C@@H](CC(C)C)C(=O)N[C@@H](CO)C(=O)N[C@@H](CCC(N)=O)C(=O)N1CCC[C@H]1C(=O)N1CCC[C@H]1C(=O)N[C@@H](Cc1cnc[nH]1)C(=O)N[C@@H](CO)C(=O)N[C@@H](CCCCN)C(=O)N[C@@H](CCCN=C(N)N)C(=O)NCC(=O)N[C@@H](Cc1ccc(O)cc1)C(=O)N[C@@H](CCCN=C(N)N)C(=O)N[C@@H](CC(C)C)C(=O)O. The lowest BCUT2D eigenvalue weighted by Crippen LogP contribution is -2.61. The molecule has 0 saturated carbocycles. The number of aromatic nitrogens is 2. The number of guanidine groups is 2. The van der Waals surface area contributed by atoms with Gasteiger partial charge in [-0.3, -0.25) is 77.1 Å². The van der Waals surface area contributed by atoms with E-state index in [4.69, 9.17) is 40.1 Å². The Labute approximate surface area is 682 Å². The number of carboxylic acid groups (broad SMARTS) is 1. The number of imidazole rings is 1. The van der Waals surface area contributed by atoms with E-state index in [0.29, 0.717) is 29.9 Å². The number of aliphatic hydroxyl groups is 2. The molecule has 117 heavy (non-hydrogen) atoms. The molecular weight excluding hydrogens is 1550 g/mol. The van der Waals surface area contributed by atoms with Crippen molar-refractivity contribution in [1.29, 1.82) is 0 Å². The number of nitrogens with one attached hydrogen (secondary N) is 12. The summed E-state index contributed by atoms with van der Waals surface area (Å²) in [5.74, 6) is -14.3. The predicted molar refractivity (Wildman–Crippen MR) is 429 cm³/mol. The number of hydrogen-bond donors (Lipinski definition) is 23. The first-order valence-corrected chi connectivity index (χ1v) is 40.3. The van der Waals surface area contributed by atoms with Gasteiger partial charge >= 0.3 is 5.97 Å². The third-order valence-corrected chi connectivity index (χ3v) is 19.7. The number of phenols is 1. The van der Waals surface area contributed by atoms with Crippen LogP contribution in [0.4, 0.5) is 0 Å². The molecule has 2 fully saturated rings. The molecule has 2 aliphatic rings. The molecule has 2 saturated heterocycles. The van der Waals surface area contributed by atoms with Crippen LogP contribution >= 0.6 is 11.8 Å². The first kappa shape index (κ1) is 98.4.